The minimum atomic E-state index is -0.959. The van der Waals surface area contributed by atoms with E-state index in [-0.39, 0.29) is 61.5 Å². The Kier molecular flexibility index (Phi) is 15.6. The van der Waals surface area contributed by atoms with Crippen LogP contribution in [0.2, 0.25) is 0 Å². The first-order valence-corrected chi connectivity index (χ1v) is 7.79. The van der Waals surface area contributed by atoms with Crippen LogP contribution in [0.1, 0.15) is 29.5 Å². The van der Waals surface area contributed by atoms with E-state index in [0.717, 1.165) is 0 Å². The molecule has 1 N–H and O–H groups in total. The number of hydrogen-bond acceptors (Lipinski definition) is 7. The summed E-state index contributed by atoms with van der Waals surface area (Å²) < 4.78 is 21.5. The van der Waals surface area contributed by atoms with Crippen molar-refractivity contribution in [2.45, 2.75) is 44.7 Å². The van der Waals surface area contributed by atoms with E-state index >= 15 is 0 Å². The minimum Gasteiger partial charge on any atom is -1.00 e. The normalized spacial score (nSPS) is 21.6. The number of aliphatic hydroxyl groups is 1. The minimum absolute atomic E-state index is 0. The van der Waals surface area contributed by atoms with Crippen molar-refractivity contribution >= 4 is 20.2 Å². The second-order valence-electron chi connectivity index (χ2n) is 6.02. The monoisotopic (exact) mass is 340 g/mol. The molecule has 0 amide bonds. The third-order valence-corrected chi connectivity index (χ3v) is 3.42. The van der Waals surface area contributed by atoms with E-state index in [1.807, 2.05) is 13.8 Å². The van der Waals surface area contributed by atoms with Crippen LogP contribution in [0.4, 0.5) is 0 Å². The van der Waals surface area contributed by atoms with E-state index in [1.54, 1.807) is 0 Å². The Labute approximate surface area is 155 Å². The van der Waals surface area contributed by atoms with Gasteiger partial charge in [-0.25, -0.2) is 0 Å². The van der Waals surface area contributed by atoms with Crippen molar-refractivity contribution in [3.63, 3.8) is 0 Å². The standard InChI is InChI=1S/C15H28O7.2Be.2H/c1-15(2)21-11-14(22-15)10-20-9-13(18)8-19-6-4-12(7-17)3-5-16;;;;/h12-14,16H,3-11H2,1-2H3;;;;/q-2;2*+2;2*-1. The fraction of sp³-hybridized carbons (Fsp3) is 1.00. The van der Waals surface area contributed by atoms with Crippen molar-refractivity contribution in [2.75, 3.05) is 46.2 Å². The topological polar surface area (TPSA) is 103 Å². The van der Waals surface area contributed by atoms with Gasteiger partial charge >= 0.3 is 20.2 Å². The van der Waals surface area contributed by atoms with Crippen molar-refractivity contribution in [1.29, 1.82) is 0 Å². The van der Waals surface area contributed by atoms with Crippen molar-refractivity contribution in [1.82, 2.24) is 0 Å². The molecule has 0 bridgehead atoms. The molecule has 9 heteroatoms. The summed E-state index contributed by atoms with van der Waals surface area (Å²) in [7, 11) is 0. The predicted octanol–water partition coefficient (Wildman–Crippen LogP) is -1.89. The Morgan fingerprint density at radius 2 is 1.92 bits per heavy atom. The maximum Gasteiger partial charge on any atom is 2.00 e. The SMILES string of the molecule is CC1(C)OCC(COCC([O-])COCCC(C[O-])CCO)O1.[Be+2].[Be+2].[H-].[H-]. The number of hydrogen-bond donors (Lipinski definition) is 1. The van der Waals surface area contributed by atoms with Crippen LogP contribution < -0.4 is 10.2 Å². The summed E-state index contributed by atoms with van der Waals surface area (Å²) in [6, 6.07) is 0. The van der Waals surface area contributed by atoms with Gasteiger partial charge < -0.3 is 37.1 Å². The molecule has 1 heterocycles. The molecule has 1 fully saturated rings. The Bertz CT molecular complexity index is 305. The largest absolute Gasteiger partial charge is 2.00 e. The molecule has 1 aliphatic rings. The Balaban J connectivity index is -0.000000605. The van der Waals surface area contributed by atoms with Gasteiger partial charge in [0.1, 0.15) is 6.10 Å². The maximum absolute atomic E-state index is 11.6. The fourth-order valence-electron chi connectivity index (χ4n) is 2.18. The number of rotatable bonds is 12. The quantitative estimate of drug-likeness (QED) is 0.327. The molecule has 136 valence electrons. The van der Waals surface area contributed by atoms with Gasteiger partial charge in [0.05, 0.1) is 13.2 Å². The number of ether oxygens (including phenoxy) is 4. The zero-order chi connectivity index (χ0) is 16.4. The molecule has 24 heavy (non-hydrogen) atoms. The third-order valence-electron chi connectivity index (χ3n) is 3.42. The molecule has 0 aromatic carbocycles. The molecule has 1 rings (SSSR count). The molecule has 7 nitrogen and oxygen atoms in total. The molecule has 1 saturated heterocycles. The fourth-order valence-corrected chi connectivity index (χ4v) is 2.18. The van der Waals surface area contributed by atoms with Crippen LogP contribution in [0.5, 0.6) is 0 Å². The molecule has 0 saturated carbocycles. The smallest absolute Gasteiger partial charge is 1.00 e. The van der Waals surface area contributed by atoms with Gasteiger partial charge in [-0.2, -0.15) is 0 Å². The summed E-state index contributed by atoms with van der Waals surface area (Å²) in [6.07, 6.45) is -0.0467. The van der Waals surface area contributed by atoms with Gasteiger partial charge in [-0.05, 0) is 26.7 Å². The van der Waals surface area contributed by atoms with Crippen LogP contribution in [-0.4, -0.2) is 89.6 Å². The summed E-state index contributed by atoms with van der Waals surface area (Å²) in [5.41, 5.74) is 0. The molecule has 0 radical (unpaired) electrons. The number of aliphatic hydroxyl groups excluding tert-OH is 1. The zero-order valence-electron chi connectivity index (χ0n) is 16.9. The van der Waals surface area contributed by atoms with Gasteiger partial charge in [0.2, 0.25) is 0 Å². The molecule has 0 spiro atoms. The van der Waals surface area contributed by atoms with Gasteiger partial charge in [-0.3, -0.25) is 0 Å². The van der Waals surface area contributed by atoms with E-state index in [9.17, 15) is 10.2 Å². The van der Waals surface area contributed by atoms with E-state index in [0.29, 0.717) is 32.7 Å². The first-order valence-electron chi connectivity index (χ1n) is 7.79. The third kappa shape index (κ3) is 11.6. The zero-order valence-corrected chi connectivity index (χ0v) is 14.9. The Hall–Kier alpha value is 0.0577. The molecular formula is C15H30Be2O7. The second-order valence-corrected chi connectivity index (χ2v) is 6.02. The van der Waals surface area contributed by atoms with Gasteiger partial charge in [0, 0.05) is 26.4 Å². The van der Waals surface area contributed by atoms with E-state index in [2.05, 4.69) is 0 Å². The van der Waals surface area contributed by atoms with Crippen LogP contribution in [0.3, 0.4) is 0 Å². The van der Waals surface area contributed by atoms with Crippen LogP contribution in [-0.2, 0) is 18.9 Å². The van der Waals surface area contributed by atoms with Crippen LogP contribution in [0.15, 0.2) is 0 Å². The predicted molar refractivity (Wildman–Crippen MR) is 88.7 cm³/mol. The van der Waals surface area contributed by atoms with Gasteiger partial charge in [0.15, 0.2) is 5.79 Å². The summed E-state index contributed by atoms with van der Waals surface area (Å²) in [5.74, 6) is -0.671. The van der Waals surface area contributed by atoms with Gasteiger partial charge in [-0.15, -0.1) is 6.61 Å². The van der Waals surface area contributed by atoms with Crippen LogP contribution >= 0.6 is 0 Å². The van der Waals surface area contributed by atoms with Crippen LogP contribution in [0.25, 0.3) is 0 Å². The van der Waals surface area contributed by atoms with Gasteiger partial charge in [-0.1, -0.05) is 12.0 Å². The first-order chi connectivity index (χ1) is 10.5. The molecule has 0 aliphatic carbocycles. The molecule has 3 atom stereocenters. The summed E-state index contributed by atoms with van der Waals surface area (Å²) in [4.78, 5) is 0. The van der Waals surface area contributed by atoms with Gasteiger partial charge in [0.25, 0.3) is 0 Å². The van der Waals surface area contributed by atoms with Crippen molar-refractivity contribution in [3.8, 4) is 0 Å². The molecular weight excluding hydrogens is 310 g/mol. The van der Waals surface area contributed by atoms with Crippen LogP contribution in [0, 0.1) is 5.92 Å². The second kappa shape index (κ2) is 14.3. The maximum atomic E-state index is 11.6. The summed E-state index contributed by atoms with van der Waals surface area (Å²) in [6.45, 7) is 4.72. The summed E-state index contributed by atoms with van der Waals surface area (Å²) in [5, 5.41) is 31.2. The van der Waals surface area contributed by atoms with Crippen molar-refractivity contribution < 1.29 is 37.1 Å². The molecule has 1 aliphatic heterocycles. The Morgan fingerprint density at radius 1 is 1.25 bits per heavy atom. The van der Waals surface area contributed by atoms with Crippen molar-refractivity contribution in [3.05, 3.63) is 0 Å². The molecule has 0 aromatic heterocycles. The summed E-state index contributed by atoms with van der Waals surface area (Å²) >= 11 is 0. The Morgan fingerprint density at radius 3 is 2.46 bits per heavy atom. The van der Waals surface area contributed by atoms with E-state index in [1.165, 1.54) is 0 Å². The molecule has 0 aromatic rings. The van der Waals surface area contributed by atoms with Crippen molar-refractivity contribution in [2.24, 2.45) is 5.92 Å². The first kappa shape index (κ1) is 26.3. The average Bonchev–Trinajstić information content (AvgIpc) is 2.81. The average molecular weight is 340 g/mol. The van der Waals surface area contributed by atoms with E-state index in [4.69, 9.17) is 24.1 Å². The molecule has 3 unspecified atom stereocenters. The van der Waals surface area contributed by atoms with E-state index < -0.39 is 11.9 Å².